The first kappa shape index (κ1) is 14.0. The molecule has 2 rings (SSSR count). The van der Waals surface area contributed by atoms with Gasteiger partial charge in [-0.1, -0.05) is 17.7 Å². The van der Waals surface area contributed by atoms with Gasteiger partial charge in [0.25, 0.3) is 0 Å². The highest BCUT2D eigenvalue weighted by molar-refractivity contribution is 6.31. The number of hydrogen-bond donors (Lipinski definition) is 0. The van der Waals surface area contributed by atoms with E-state index in [1.807, 2.05) is 30.1 Å². The molecule has 2 heterocycles. The lowest BCUT2D eigenvalue weighted by atomic mass is 10.2. The van der Waals surface area contributed by atoms with Gasteiger partial charge >= 0.3 is 0 Å². The number of aromatic nitrogens is 3. The minimum absolute atomic E-state index is 0.295. The van der Waals surface area contributed by atoms with E-state index in [0.29, 0.717) is 11.0 Å². The molecule has 0 spiro atoms. The van der Waals surface area contributed by atoms with Gasteiger partial charge in [-0.25, -0.2) is 9.97 Å². The maximum absolute atomic E-state index is 6.02. The molecule has 4 nitrogen and oxygen atoms in total. The van der Waals surface area contributed by atoms with Crippen LogP contribution in [0.25, 0.3) is 0 Å². The molecule has 0 fully saturated rings. The molecule has 2 aromatic rings. The van der Waals surface area contributed by atoms with Crippen LogP contribution in [0.15, 0.2) is 30.7 Å². The highest BCUT2D eigenvalue weighted by atomic mass is 35.5. The zero-order chi connectivity index (χ0) is 13.7. The van der Waals surface area contributed by atoms with Crippen LogP contribution in [0.2, 0.25) is 5.15 Å². The van der Waals surface area contributed by atoms with Crippen molar-refractivity contribution in [1.29, 1.82) is 0 Å². The molecule has 0 bridgehead atoms. The van der Waals surface area contributed by atoms with Crippen molar-refractivity contribution in [2.75, 3.05) is 18.5 Å². The minimum atomic E-state index is 0.295. The van der Waals surface area contributed by atoms with Gasteiger partial charge in [0.2, 0.25) is 0 Å². The Labute approximate surface area is 122 Å². The SMILES string of the molecule is CN(CCc1ccccn1)c1ncnc(Cl)c1CCl. The highest BCUT2D eigenvalue weighted by Crippen LogP contribution is 2.24. The third-order valence-electron chi connectivity index (χ3n) is 2.79. The molecule has 0 aromatic carbocycles. The molecule has 0 amide bonds. The summed E-state index contributed by atoms with van der Waals surface area (Å²) in [6.45, 7) is 0.786. The van der Waals surface area contributed by atoms with E-state index in [-0.39, 0.29) is 0 Å². The maximum Gasteiger partial charge on any atom is 0.138 e. The molecule has 19 heavy (non-hydrogen) atoms. The van der Waals surface area contributed by atoms with Crippen LogP contribution >= 0.6 is 23.2 Å². The van der Waals surface area contributed by atoms with Crippen molar-refractivity contribution in [3.63, 3.8) is 0 Å². The molecule has 0 radical (unpaired) electrons. The van der Waals surface area contributed by atoms with Crippen LogP contribution in [0.4, 0.5) is 5.82 Å². The first-order valence-corrected chi connectivity index (χ1v) is 6.80. The van der Waals surface area contributed by atoms with Crippen molar-refractivity contribution in [2.45, 2.75) is 12.3 Å². The molecule has 0 aliphatic carbocycles. The summed E-state index contributed by atoms with van der Waals surface area (Å²) >= 11 is 11.9. The third-order valence-corrected chi connectivity index (χ3v) is 3.39. The molecule has 0 aliphatic heterocycles. The number of rotatable bonds is 5. The topological polar surface area (TPSA) is 41.9 Å². The zero-order valence-corrected chi connectivity index (χ0v) is 12.1. The molecule has 0 aliphatic rings. The second-order valence-corrected chi connectivity index (χ2v) is 4.72. The van der Waals surface area contributed by atoms with Crippen LogP contribution in [0.3, 0.4) is 0 Å². The molecular weight excluding hydrogens is 283 g/mol. The second kappa shape index (κ2) is 6.68. The van der Waals surface area contributed by atoms with Gasteiger partial charge in [0.1, 0.15) is 17.3 Å². The second-order valence-electron chi connectivity index (χ2n) is 4.09. The van der Waals surface area contributed by atoms with Gasteiger partial charge in [0, 0.05) is 37.5 Å². The van der Waals surface area contributed by atoms with Gasteiger partial charge in [-0.05, 0) is 12.1 Å². The predicted molar refractivity (Wildman–Crippen MR) is 77.8 cm³/mol. The fourth-order valence-electron chi connectivity index (χ4n) is 1.76. The number of anilines is 1. The smallest absolute Gasteiger partial charge is 0.138 e. The molecule has 0 saturated heterocycles. The van der Waals surface area contributed by atoms with Gasteiger partial charge in [-0.2, -0.15) is 0 Å². The highest BCUT2D eigenvalue weighted by Gasteiger charge is 2.12. The van der Waals surface area contributed by atoms with Gasteiger partial charge in [0.05, 0.1) is 5.88 Å². The lowest BCUT2D eigenvalue weighted by Gasteiger charge is -2.20. The monoisotopic (exact) mass is 296 g/mol. The van der Waals surface area contributed by atoms with Gasteiger partial charge in [-0.15, -0.1) is 11.6 Å². The van der Waals surface area contributed by atoms with Crippen molar-refractivity contribution >= 4 is 29.0 Å². The molecular formula is C13H14Cl2N4. The van der Waals surface area contributed by atoms with Gasteiger partial charge in [-0.3, -0.25) is 4.98 Å². The lowest BCUT2D eigenvalue weighted by molar-refractivity contribution is 0.830. The molecule has 0 saturated carbocycles. The van der Waals surface area contributed by atoms with E-state index in [1.54, 1.807) is 6.20 Å². The average Bonchev–Trinajstić information content (AvgIpc) is 2.45. The number of alkyl halides is 1. The maximum atomic E-state index is 6.02. The van der Waals surface area contributed by atoms with Crippen LogP contribution in [-0.2, 0) is 12.3 Å². The Morgan fingerprint density at radius 1 is 1.21 bits per heavy atom. The Morgan fingerprint density at radius 3 is 2.74 bits per heavy atom. The summed E-state index contributed by atoms with van der Waals surface area (Å²) in [5.74, 6) is 1.06. The number of hydrogen-bond acceptors (Lipinski definition) is 4. The summed E-state index contributed by atoms with van der Waals surface area (Å²) in [7, 11) is 1.96. The van der Waals surface area contributed by atoms with Gasteiger partial charge in [0.15, 0.2) is 0 Å². The fraction of sp³-hybridized carbons (Fsp3) is 0.308. The Balaban J connectivity index is 2.08. The Kier molecular flexibility index (Phi) is 4.93. The Morgan fingerprint density at radius 2 is 2.05 bits per heavy atom. The Hall–Kier alpha value is -1.39. The van der Waals surface area contributed by atoms with Crippen LogP contribution < -0.4 is 4.90 Å². The van der Waals surface area contributed by atoms with Crippen molar-refractivity contribution in [3.8, 4) is 0 Å². The van der Waals surface area contributed by atoms with E-state index in [2.05, 4.69) is 15.0 Å². The largest absolute Gasteiger partial charge is 0.359 e. The fourth-order valence-corrected chi connectivity index (χ4v) is 2.27. The Bertz CT molecular complexity index is 533. The van der Waals surface area contributed by atoms with E-state index < -0.39 is 0 Å². The first-order valence-electron chi connectivity index (χ1n) is 5.88. The standard InChI is InChI=1S/C13H14Cl2N4/c1-19(7-5-10-4-2-3-6-16-10)13-11(8-14)12(15)17-9-18-13/h2-4,6,9H,5,7-8H2,1H3. The summed E-state index contributed by atoms with van der Waals surface area (Å²) in [4.78, 5) is 14.5. The summed E-state index contributed by atoms with van der Waals surface area (Å²) in [5, 5.41) is 0.407. The van der Waals surface area contributed by atoms with Crippen LogP contribution in [0.1, 0.15) is 11.3 Å². The third kappa shape index (κ3) is 3.55. The van der Waals surface area contributed by atoms with E-state index in [4.69, 9.17) is 23.2 Å². The summed E-state index contributed by atoms with van der Waals surface area (Å²) < 4.78 is 0. The number of nitrogens with zero attached hydrogens (tertiary/aromatic N) is 4. The van der Waals surface area contributed by atoms with Crippen molar-refractivity contribution in [1.82, 2.24) is 15.0 Å². The number of halogens is 2. The normalized spacial score (nSPS) is 10.5. The van der Waals surface area contributed by atoms with E-state index in [0.717, 1.165) is 30.0 Å². The molecule has 0 N–H and O–H groups in total. The number of likely N-dealkylation sites (N-methyl/N-ethyl adjacent to an activating group) is 1. The quantitative estimate of drug-likeness (QED) is 0.628. The van der Waals surface area contributed by atoms with Crippen LogP contribution in [-0.4, -0.2) is 28.5 Å². The molecule has 100 valence electrons. The molecule has 0 atom stereocenters. The van der Waals surface area contributed by atoms with E-state index in [9.17, 15) is 0 Å². The van der Waals surface area contributed by atoms with Crippen molar-refractivity contribution in [2.24, 2.45) is 0 Å². The van der Waals surface area contributed by atoms with Crippen LogP contribution in [0.5, 0.6) is 0 Å². The summed E-state index contributed by atoms with van der Waals surface area (Å²) in [6.07, 6.45) is 4.08. The zero-order valence-electron chi connectivity index (χ0n) is 10.6. The minimum Gasteiger partial charge on any atom is -0.359 e. The molecule has 6 heteroatoms. The molecule has 0 unspecified atom stereocenters. The van der Waals surface area contributed by atoms with E-state index in [1.165, 1.54) is 6.33 Å². The van der Waals surface area contributed by atoms with Crippen LogP contribution in [0, 0.1) is 0 Å². The number of pyridine rings is 1. The molecule has 2 aromatic heterocycles. The van der Waals surface area contributed by atoms with Crippen molar-refractivity contribution < 1.29 is 0 Å². The lowest BCUT2D eigenvalue weighted by Crippen LogP contribution is -2.23. The van der Waals surface area contributed by atoms with E-state index >= 15 is 0 Å². The summed E-state index contributed by atoms with van der Waals surface area (Å²) in [5.41, 5.74) is 1.80. The first-order chi connectivity index (χ1) is 9.22. The van der Waals surface area contributed by atoms with Gasteiger partial charge < -0.3 is 4.90 Å². The average molecular weight is 297 g/mol. The van der Waals surface area contributed by atoms with Crippen molar-refractivity contribution in [3.05, 3.63) is 47.1 Å². The predicted octanol–water partition coefficient (Wildman–Crippen LogP) is 2.94. The summed E-state index contributed by atoms with van der Waals surface area (Å²) in [6, 6.07) is 5.89.